The number of hydrogen-bond acceptors (Lipinski definition) is 3. The standard InChI is InChI=1S/C16H16N2O2/c1-17(2)18-15(19)13-10-6-7-11-14(13)16(18,20)12-8-4-3-5-9-12/h3-11,20H,1-2H3/t16-/m1/s1. The average Bonchev–Trinajstić information content (AvgIpc) is 2.70. The van der Waals surface area contributed by atoms with Crippen LogP contribution in [0.1, 0.15) is 21.5 Å². The second-order valence-corrected chi connectivity index (χ2v) is 5.05. The van der Waals surface area contributed by atoms with Crippen molar-refractivity contribution in [2.75, 3.05) is 14.1 Å². The Kier molecular flexibility index (Phi) is 2.85. The normalized spacial score (nSPS) is 21.4. The minimum absolute atomic E-state index is 0.197. The van der Waals surface area contributed by atoms with Crippen LogP contribution in [-0.4, -0.2) is 35.1 Å². The Morgan fingerprint density at radius 3 is 2.25 bits per heavy atom. The number of nitrogens with zero attached hydrogens (tertiary/aromatic N) is 2. The lowest BCUT2D eigenvalue weighted by molar-refractivity contribution is -0.136. The summed E-state index contributed by atoms with van der Waals surface area (Å²) in [5.74, 6) is -0.197. The molecule has 3 rings (SSSR count). The predicted octanol–water partition coefficient (Wildman–Crippen LogP) is 1.81. The van der Waals surface area contributed by atoms with Gasteiger partial charge in [0.1, 0.15) is 0 Å². The molecule has 1 heterocycles. The van der Waals surface area contributed by atoms with Crippen molar-refractivity contribution >= 4 is 5.91 Å². The Balaban J connectivity index is 2.28. The van der Waals surface area contributed by atoms with E-state index in [4.69, 9.17) is 0 Å². The first-order valence-corrected chi connectivity index (χ1v) is 6.46. The van der Waals surface area contributed by atoms with Crippen LogP contribution < -0.4 is 0 Å². The number of hydrogen-bond donors (Lipinski definition) is 1. The van der Waals surface area contributed by atoms with E-state index < -0.39 is 5.72 Å². The fraction of sp³-hybridized carbons (Fsp3) is 0.188. The fourth-order valence-electron chi connectivity index (χ4n) is 2.77. The van der Waals surface area contributed by atoms with Gasteiger partial charge >= 0.3 is 0 Å². The molecule has 0 aliphatic carbocycles. The molecule has 2 aromatic carbocycles. The van der Waals surface area contributed by atoms with Gasteiger partial charge in [-0.25, -0.2) is 10.0 Å². The minimum Gasteiger partial charge on any atom is -0.362 e. The van der Waals surface area contributed by atoms with Crippen LogP contribution in [0.15, 0.2) is 54.6 Å². The first-order chi connectivity index (χ1) is 9.56. The number of carbonyl (C=O) groups is 1. The van der Waals surface area contributed by atoms with Crippen molar-refractivity contribution < 1.29 is 9.90 Å². The zero-order valence-electron chi connectivity index (χ0n) is 11.4. The van der Waals surface area contributed by atoms with E-state index in [-0.39, 0.29) is 5.91 Å². The van der Waals surface area contributed by atoms with Crippen LogP contribution >= 0.6 is 0 Å². The highest BCUT2D eigenvalue weighted by Gasteiger charge is 2.51. The third-order valence-electron chi connectivity index (χ3n) is 3.61. The van der Waals surface area contributed by atoms with Gasteiger partial charge in [0.15, 0.2) is 0 Å². The first-order valence-electron chi connectivity index (χ1n) is 6.46. The lowest BCUT2D eigenvalue weighted by atomic mass is 9.94. The Hall–Kier alpha value is -2.17. The van der Waals surface area contributed by atoms with Gasteiger partial charge in [-0.3, -0.25) is 4.79 Å². The quantitative estimate of drug-likeness (QED) is 0.903. The van der Waals surface area contributed by atoms with Gasteiger partial charge in [-0.2, -0.15) is 0 Å². The molecule has 0 saturated carbocycles. The summed E-state index contributed by atoms with van der Waals surface area (Å²) in [5, 5.41) is 14.3. The maximum Gasteiger partial charge on any atom is 0.271 e. The van der Waals surface area contributed by atoms with E-state index in [1.165, 1.54) is 5.01 Å². The summed E-state index contributed by atoms with van der Waals surface area (Å²) < 4.78 is 0. The van der Waals surface area contributed by atoms with Gasteiger partial charge < -0.3 is 5.11 Å². The van der Waals surface area contributed by atoms with E-state index in [1.54, 1.807) is 37.3 Å². The van der Waals surface area contributed by atoms with Gasteiger partial charge in [-0.15, -0.1) is 0 Å². The van der Waals surface area contributed by atoms with Crippen LogP contribution in [0.25, 0.3) is 0 Å². The van der Waals surface area contributed by atoms with Crippen molar-refractivity contribution in [1.29, 1.82) is 0 Å². The van der Waals surface area contributed by atoms with Crippen molar-refractivity contribution in [2.45, 2.75) is 5.72 Å². The molecular formula is C16H16N2O2. The Bertz CT molecular complexity index is 655. The Labute approximate surface area is 117 Å². The minimum atomic E-state index is -1.46. The van der Waals surface area contributed by atoms with Crippen molar-refractivity contribution in [3.63, 3.8) is 0 Å². The van der Waals surface area contributed by atoms with E-state index in [0.717, 1.165) is 0 Å². The number of benzene rings is 2. The van der Waals surface area contributed by atoms with Gasteiger partial charge in [0, 0.05) is 30.8 Å². The highest BCUT2D eigenvalue weighted by molar-refractivity contribution is 6.00. The molecule has 1 amide bonds. The highest BCUT2D eigenvalue weighted by Crippen LogP contribution is 2.42. The summed E-state index contributed by atoms with van der Waals surface area (Å²) in [6.07, 6.45) is 0. The van der Waals surface area contributed by atoms with Crippen molar-refractivity contribution in [2.24, 2.45) is 0 Å². The zero-order chi connectivity index (χ0) is 14.3. The van der Waals surface area contributed by atoms with Crippen LogP contribution in [0.3, 0.4) is 0 Å². The molecule has 4 heteroatoms. The lowest BCUT2D eigenvalue weighted by Gasteiger charge is -2.38. The number of fused-ring (bicyclic) bond motifs is 1. The van der Waals surface area contributed by atoms with E-state index in [9.17, 15) is 9.90 Å². The van der Waals surface area contributed by atoms with Gasteiger partial charge in [0.05, 0.1) is 0 Å². The molecule has 102 valence electrons. The average molecular weight is 268 g/mol. The smallest absolute Gasteiger partial charge is 0.271 e. The molecule has 0 aromatic heterocycles. The van der Waals surface area contributed by atoms with Crippen molar-refractivity contribution in [1.82, 2.24) is 10.0 Å². The highest BCUT2D eigenvalue weighted by atomic mass is 16.3. The molecule has 0 saturated heterocycles. The number of aliphatic hydroxyl groups is 1. The summed E-state index contributed by atoms with van der Waals surface area (Å²) in [5.41, 5.74) is 0.364. The largest absolute Gasteiger partial charge is 0.362 e. The van der Waals surface area contributed by atoms with Crippen molar-refractivity contribution in [3.8, 4) is 0 Å². The fourth-order valence-corrected chi connectivity index (χ4v) is 2.77. The summed E-state index contributed by atoms with van der Waals surface area (Å²) in [7, 11) is 3.50. The second kappa shape index (κ2) is 4.44. The molecule has 0 spiro atoms. The summed E-state index contributed by atoms with van der Waals surface area (Å²) >= 11 is 0. The Morgan fingerprint density at radius 2 is 1.60 bits per heavy atom. The van der Waals surface area contributed by atoms with Gasteiger partial charge in [0.25, 0.3) is 5.91 Å². The number of amides is 1. The molecule has 2 aromatic rings. The maximum atomic E-state index is 12.6. The molecule has 0 fully saturated rings. The van der Waals surface area contributed by atoms with Gasteiger partial charge in [0.2, 0.25) is 5.72 Å². The van der Waals surface area contributed by atoms with Crippen LogP contribution in [0, 0.1) is 0 Å². The predicted molar refractivity (Wildman–Crippen MR) is 75.7 cm³/mol. The van der Waals surface area contributed by atoms with E-state index in [1.807, 2.05) is 36.4 Å². The molecule has 0 unspecified atom stereocenters. The number of carbonyl (C=O) groups excluding carboxylic acids is 1. The molecule has 1 N–H and O–H groups in total. The molecule has 1 aliphatic rings. The van der Waals surface area contributed by atoms with Crippen LogP contribution in [0.4, 0.5) is 0 Å². The molecule has 20 heavy (non-hydrogen) atoms. The van der Waals surface area contributed by atoms with Crippen LogP contribution in [0.5, 0.6) is 0 Å². The number of hydrazine groups is 1. The summed E-state index contributed by atoms with van der Waals surface area (Å²) in [6.45, 7) is 0. The monoisotopic (exact) mass is 268 g/mol. The summed E-state index contributed by atoms with van der Waals surface area (Å²) in [6, 6.07) is 16.4. The molecule has 1 atom stereocenters. The van der Waals surface area contributed by atoms with Gasteiger partial charge in [-0.1, -0.05) is 48.5 Å². The van der Waals surface area contributed by atoms with Gasteiger partial charge in [-0.05, 0) is 6.07 Å². The van der Waals surface area contributed by atoms with Crippen LogP contribution in [0.2, 0.25) is 0 Å². The zero-order valence-corrected chi connectivity index (χ0v) is 11.4. The van der Waals surface area contributed by atoms with E-state index in [0.29, 0.717) is 16.7 Å². The van der Waals surface area contributed by atoms with E-state index >= 15 is 0 Å². The first kappa shape index (κ1) is 12.8. The Morgan fingerprint density at radius 1 is 1.00 bits per heavy atom. The molecule has 0 radical (unpaired) electrons. The van der Waals surface area contributed by atoms with Crippen LogP contribution in [-0.2, 0) is 5.72 Å². The molecule has 0 bridgehead atoms. The third-order valence-corrected chi connectivity index (χ3v) is 3.61. The summed E-state index contributed by atoms with van der Waals surface area (Å²) in [4.78, 5) is 12.6. The molecule has 1 aliphatic heterocycles. The topological polar surface area (TPSA) is 43.8 Å². The molecular weight excluding hydrogens is 252 g/mol. The third kappa shape index (κ3) is 1.59. The van der Waals surface area contributed by atoms with E-state index in [2.05, 4.69) is 0 Å². The number of rotatable bonds is 2. The maximum absolute atomic E-state index is 12.6. The lowest BCUT2D eigenvalue weighted by Crippen LogP contribution is -2.51. The van der Waals surface area contributed by atoms with Crippen molar-refractivity contribution in [3.05, 3.63) is 71.3 Å². The second-order valence-electron chi connectivity index (χ2n) is 5.05. The molecule has 4 nitrogen and oxygen atoms in total. The SMILES string of the molecule is CN(C)N1C(=O)c2ccccc2[C@]1(O)c1ccccc1.